The molecule has 1 saturated heterocycles. The third-order valence-corrected chi connectivity index (χ3v) is 4.43. The number of hydrogen-bond donors (Lipinski definition) is 1. The summed E-state index contributed by atoms with van der Waals surface area (Å²) in [6.45, 7) is 1.69. The number of methoxy groups -OCH3 is 1. The zero-order valence-electron chi connectivity index (χ0n) is 12.3. The smallest absolute Gasteiger partial charge is 0.308 e. The van der Waals surface area contributed by atoms with E-state index in [1.54, 1.807) is 18.2 Å². The summed E-state index contributed by atoms with van der Waals surface area (Å²) in [5, 5.41) is 3.64. The van der Waals surface area contributed by atoms with Crippen molar-refractivity contribution in [2.45, 2.75) is 12.8 Å². The van der Waals surface area contributed by atoms with Gasteiger partial charge in [-0.3, -0.25) is 14.5 Å². The average molecular weight is 345 g/mol. The first-order valence-electron chi connectivity index (χ1n) is 7.04. The van der Waals surface area contributed by atoms with Crippen molar-refractivity contribution in [1.82, 2.24) is 4.90 Å². The molecule has 0 unspecified atom stereocenters. The Kier molecular flexibility index (Phi) is 6.06. The van der Waals surface area contributed by atoms with E-state index in [2.05, 4.69) is 5.32 Å². The number of anilines is 1. The van der Waals surface area contributed by atoms with E-state index in [0.29, 0.717) is 41.7 Å². The Morgan fingerprint density at radius 2 is 1.95 bits per heavy atom. The van der Waals surface area contributed by atoms with Crippen molar-refractivity contribution in [3.05, 3.63) is 28.2 Å². The van der Waals surface area contributed by atoms with E-state index in [0.717, 1.165) is 0 Å². The van der Waals surface area contributed by atoms with Crippen molar-refractivity contribution >= 4 is 40.8 Å². The number of likely N-dealkylation sites (tertiary alicyclic amines) is 1. The number of nitrogens with zero attached hydrogens (tertiary/aromatic N) is 1. The van der Waals surface area contributed by atoms with Gasteiger partial charge in [-0.1, -0.05) is 23.2 Å². The van der Waals surface area contributed by atoms with Crippen LogP contribution >= 0.6 is 23.2 Å². The first-order valence-corrected chi connectivity index (χ1v) is 7.80. The van der Waals surface area contributed by atoms with Crippen LogP contribution in [0.4, 0.5) is 5.69 Å². The lowest BCUT2D eigenvalue weighted by Crippen LogP contribution is -2.41. The quantitative estimate of drug-likeness (QED) is 0.853. The number of esters is 1. The number of amides is 1. The molecule has 7 heteroatoms. The second kappa shape index (κ2) is 7.81. The molecule has 0 bridgehead atoms. The Balaban J connectivity index is 1.80. The molecule has 1 N–H and O–H groups in total. The molecule has 1 heterocycles. The monoisotopic (exact) mass is 344 g/mol. The van der Waals surface area contributed by atoms with Gasteiger partial charge in [0.05, 0.1) is 29.6 Å². The molecule has 1 aliphatic rings. The molecule has 1 fully saturated rings. The number of hydrogen-bond acceptors (Lipinski definition) is 4. The van der Waals surface area contributed by atoms with Crippen molar-refractivity contribution < 1.29 is 14.3 Å². The van der Waals surface area contributed by atoms with Crippen molar-refractivity contribution in [1.29, 1.82) is 0 Å². The summed E-state index contributed by atoms with van der Waals surface area (Å²) >= 11 is 11.7. The molecular weight excluding hydrogens is 327 g/mol. The molecule has 0 radical (unpaired) electrons. The molecule has 1 amide bonds. The molecular formula is C15H18Cl2N2O3. The van der Waals surface area contributed by atoms with E-state index >= 15 is 0 Å². The zero-order chi connectivity index (χ0) is 16.1. The van der Waals surface area contributed by atoms with Crippen LogP contribution in [-0.2, 0) is 14.3 Å². The van der Waals surface area contributed by atoms with E-state index < -0.39 is 0 Å². The predicted octanol–water partition coefficient (Wildman–Crippen LogP) is 2.82. The topological polar surface area (TPSA) is 58.6 Å². The molecule has 0 spiro atoms. The summed E-state index contributed by atoms with van der Waals surface area (Å²) in [6.07, 6.45) is 1.43. The van der Waals surface area contributed by atoms with Crippen LogP contribution in [0.1, 0.15) is 12.8 Å². The maximum Gasteiger partial charge on any atom is 0.308 e. The van der Waals surface area contributed by atoms with Crippen LogP contribution < -0.4 is 5.32 Å². The van der Waals surface area contributed by atoms with Crippen LogP contribution in [0.25, 0.3) is 0 Å². The summed E-state index contributed by atoms with van der Waals surface area (Å²) in [6, 6.07) is 4.96. The van der Waals surface area contributed by atoms with Crippen LogP contribution in [0.2, 0.25) is 10.0 Å². The molecule has 1 aromatic carbocycles. The lowest BCUT2D eigenvalue weighted by Gasteiger charge is -2.29. The van der Waals surface area contributed by atoms with Gasteiger partial charge in [0.1, 0.15) is 0 Å². The van der Waals surface area contributed by atoms with Gasteiger partial charge in [0, 0.05) is 5.69 Å². The Hall–Kier alpha value is -1.30. The SMILES string of the molecule is COC(=O)C1CCN(CC(=O)Nc2ccc(Cl)c(Cl)c2)CC1. The Bertz CT molecular complexity index is 558. The third-order valence-electron chi connectivity index (χ3n) is 3.69. The number of nitrogens with one attached hydrogen (secondary N) is 1. The van der Waals surface area contributed by atoms with Crippen LogP contribution in [0.15, 0.2) is 18.2 Å². The van der Waals surface area contributed by atoms with Crippen molar-refractivity contribution in [3.63, 3.8) is 0 Å². The number of carbonyl (C=O) groups excluding carboxylic acids is 2. The summed E-state index contributed by atoms with van der Waals surface area (Å²) in [4.78, 5) is 25.5. The number of carbonyl (C=O) groups is 2. The van der Waals surface area contributed by atoms with E-state index in [1.807, 2.05) is 4.90 Å². The molecule has 1 aliphatic heterocycles. The standard InChI is InChI=1S/C15H18Cl2N2O3/c1-22-15(21)10-4-6-19(7-5-10)9-14(20)18-11-2-3-12(16)13(17)8-11/h2-3,8,10H,4-7,9H2,1H3,(H,18,20). The van der Waals surface area contributed by atoms with Crippen LogP contribution in [0.3, 0.4) is 0 Å². The maximum absolute atomic E-state index is 12.0. The fraction of sp³-hybridized carbons (Fsp3) is 0.467. The van der Waals surface area contributed by atoms with Gasteiger partial charge in [0.15, 0.2) is 0 Å². The molecule has 1 aromatic rings. The first-order chi connectivity index (χ1) is 10.5. The number of rotatable bonds is 4. The van der Waals surface area contributed by atoms with Gasteiger partial charge in [-0.25, -0.2) is 0 Å². The highest BCUT2D eigenvalue weighted by Crippen LogP contribution is 2.25. The summed E-state index contributed by atoms with van der Waals surface area (Å²) in [5.41, 5.74) is 0.615. The molecule has 120 valence electrons. The Labute approximate surface area is 139 Å². The van der Waals surface area contributed by atoms with Crippen LogP contribution in [0.5, 0.6) is 0 Å². The van der Waals surface area contributed by atoms with Crippen LogP contribution in [0, 0.1) is 5.92 Å². The van der Waals surface area contributed by atoms with Crippen molar-refractivity contribution in [2.24, 2.45) is 5.92 Å². The summed E-state index contributed by atoms with van der Waals surface area (Å²) in [5.74, 6) is -0.339. The maximum atomic E-state index is 12.0. The highest BCUT2D eigenvalue weighted by Gasteiger charge is 2.26. The molecule has 22 heavy (non-hydrogen) atoms. The second-order valence-corrected chi connectivity index (χ2v) is 6.07. The fourth-order valence-corrected chi connectivity index (χ4v) is 2.77. The minimum atomic E-state index is -0.167. The summed E-state index contributed by atoms with van der Waals surface area (Å²) < 4.78 is 4.75. The van der Waals surface area contributed by atoms with Crippen LogP contribution in [-0.4, -0.2) is 43.5 Å². The van der Waals surface area contributed by atoms with Gasteiger partial charge in [-0.2, -0.15) is 0 Å². The lowest BCUT2D eigenvalue weighted by atomic mass is 9.97. The first kappa shape index (κ1) is 17.1. The molecule has 5 nitrogen and oxygen atoms in total. The van der Waals surface area contributed by atoms with Crippen molar-refractivity contribution in [2.75, 3.05) is 32.1 Å². The Morgan fingerprint density at radius 3 is 2.55 bits per heavy atom. The molecule has 0 atom stereocenters. The minimum absolute atomic E-state index is 0.0561. The molecule has 0 aliphatic carbocycles. The second-order valence-electron chi connectivity index (χ2n) is 5.25. The van der Waals surface area contributed by atoms with Gasteiger partial charge < -0.3 is 10.1 Å². The van der Waals surface area contributed by atoms with Crippen molar-refractivity contribution in [3.8, 4) is 0 Å². The number of halogens is 2. The van der Waals surface area contributed by atoms with Gasteiger partial charge >= 0.3 is 5.97 Å². The lowest BCUT2D eigenvalue weighted by molar-refractivity contribution is -0.147. The summed E-state index contributed by atoms with van der Waals surface area (Å²) in [7, 11) is 1.40. The van der Waals surface area contributed by atoms with E-state index in [4.69, 9.17) is 27.9 Å². The van der Waals surface area contributed by atoms with E-state index in [-0.39, 0.29) is 24.3 Å². The fourth-order valence-electron chi connectivity index (χ4n) is 2.47. The molecule has 0 aromatic heterocycles. The third kappa shape index (κ3) is 4.60. The van der Waals surface area contributed by atoms with Gasteiger partial charge in [-0.15, -0.1) is 0 Å². The zero-order valence-corrected chi connectivity index (χ0v) is 13.8. The highest BCUT2D eigenvalue weighted by molar-refractivity contribution is 6.42. The predicted molar refractivity (Wildman–Crippen MR) is 86.3 cm³/mol. The Morgan fingerprint density at radius 1 is 1.27 bits per heavy atom. The number of piperidine rings is 1. The van der Waals surface area contributed by atoms with Gasteiger partial charge in [0.2, 0.25) is 5.91 Å². The number of ether oxygens (including phenoxy) is 1. The molecule has 2 rings (SSSR count). The minimum Gasteiger partial charge on any atom is -0.469 e. The molecule has 0 saturated carbocycles. The number of benzene rings is 1. The van der Waals surface area contributed by atoms with E-state index in [1.165, 1.54) is 7.11 Å². The van der Waals surface area contributed by atoms with Gasteiger partial charge in [0.25, 0.3) is 0 Å². The normalized spacial score (nSPS) is 16.3. The largest absolute Gasteiger partial charge is 0.469 e. The van der Waals surface area contributed by atoms with Gasteiger partial charge in [-0.05, 0) is 44.1 Å². The average Bonchev–Trinajstić information content (AvgIpc) is 2.51. The highest BCUT2D eigenvalue weighted by atomic mass is 35.5. The van der Waals surface area contributed by atoms with E-state index in [9.17, 15) is 9.59 Å².